The van der Waals surface area contributed by atoms with E-state index in [2.05, 4.69) is 12.2 Å². The number of ether oxygens (including phenoxy) is 3. The second-order valence-corrected chi connectivity index (χ2v) is 8.58. The average Bonchev–Trinajstić information content (AvgIpc) is 3.30. The van der Waals surface area contributed by atoms with Crippen molar-refractivity contribution in [2.24, 2.45) is 5.92 Å². The number of amides is 1. The fraction of sp³-hybridized carbons (Fsp3) is 0.417. The summed E-state index contributed by atoms with van der Waals surface area (Å²) < 4.78 is 15.8. The van der Waals surface area contributed by atoms with E-state index in [9.17, 15) is 19.7 Å². The Balaban J connectivity index is 1.36. The summed E-state index contributed by atoms with van der Waals surface area (Å²) in [4.78, 5) is 38.2. The number of nitrogens with one attached hydrogen (secondary N) is 1. The molecule has 34 heavy (non-hydrogen) atoms. The van der Waals surface area contributed by atoms with Gasteiger partial charge in [-0.05, 0) is 55.5 Å². The lowest BCUT2D eigenvalue weighted by molar-refractivity contribution is -0.384. The van der Waals surface area contributed by atoms with Crippen LogP contribution in [0.25, 0.3) is 0 Å². The Morgan fingerprint density at radius 2 is 1.91 bits per heavy atom. The Labute approximate surface area is 196 Å². The molecule has 2 aromatic rings. The molecule has 0 radical (unpaired) electrons. The minimum Gasteiger partial charge on any atom is -0.454 e. The molecule has 180 valence electrons. The fourth-order valence-electron chi connectivity index (χ4n) is 3.98. The number of nitro groups is 1. The molecule has 1 saturated heterocycles. The van der Waals surface area contributed by atoms with Crippen molar-refractivity contribution in [3.05, 3.63) is 57.6 Å². The number of benzene rings is 2. The molecule has 0 spiro atoms. The maximum atomic E-state index is 12.6. The Kier molecular flexibility index (Phi) is 6.85. The highest BCUT2D eigenvalue weighted by molar-refractivity contribution is 5.93. The van der Waals surface area contributed by atoms with Gasteiger partial charge in [0.25, 0.3) is 11.6 Å². The number of rotatable bonds is 7. The third kappa shape index (κ3) is 5.22. The van der Waals surface area contributed by atoms with E-state index in [-0.39, 0.29) is 24.6 Å². The van der Waals surface area contributed by atoms with Gasteiger partial charge in [-0.25, -0.2) is 4.79 Å². The third-order valence-corrected chi connectivity index (χ3v) is 6.09. The zero-order valence-electron chi connectivity index (χ0n) is 19.1. The van der Waals surface area contributed by atoms with Crippen LogP contribution in [0.3, 0.4) is 0 Å². The summed E-state index contributed by atoms with van der Waals surface area (Å²) >= 11 is 0. The average molecular weight is 469 g/mol. The van der Waals surface area contributed by atoms with Crippen LogP contribution < -0.4 is 19.7 Å². The first-order valence-corrected chi connectivity index (χ1v) is 11.2. The molecule has 0 aromatic heterocycles. The molecule has 1 atom stereocenters. The van der Waals surface area contributed by atoms with Gasteiger partial charge in [0, 0.05) is 25.7 Å². The lowest BCUT2D eigenvalue weighted by Gasteiger charge is -2.31. The maximum Gasteiger partial charge on any atom is 0.339 e. The van der Waals surface area contributed by atoms with Crippen molar-refractivity contribution >= 4 is 23.3 Å². The number of carbonyl (C=O) groups is 2. The summed E-state index contributed by atoms with van der Waals surface area (Å²) in [7, 11) is 0. The molecule has 4 rings (SSSR count). The number of nitrogens with zero attached hydrogens (tertiary/aromatic N) is 2. The standard InChI is InChI=1S/C24H27N3O7/c1-15-7-9-26(10-8-15)19-5-4-18(12-20(19)27(30)31)24(29)34-16(2)23(28)25-13-17-3-6-21-22(11-17)33-14-32-21/h3-6,11-12,15-16H,7-10,13-14H2,1-2H3,(H,25,28). The normalized spacial score (nSPS) is 16.1. The van der Waals surface area contributed by atoms with Gasteiger partial charge in [-0.1, -0.05) is 13.0 Å². The molecule has 1 unspecified atom stereocenters. The Morgan fingerprint density at radius 3 is 2.65 bits per heavy atom. The summed E-state index contributed by atoms with van der Waals surface area (Å²) in [6.45, 7) is 5.45. The lowest BCUT2D eigenvalue weighted by atomic mass is 9.98. The van der Waals surface area contributed by atoms with E-state index in [0.717, 1.165) is 31.5 Å². The Hall–Kier alpha value is -3.82. The lowest BCUT2D eigenvalue weighted by Crippen LogP contribution is -2.35. The molecule has 10 nitrogen and oxygen atoms in total. The number of hydrogen-bond acceptors (Lipinski definition) is 8. The molecule has 2 aromatic carbocycles. The molecule has 1 N–H and O–H groups in total. The smallest absolute Gasteiger partial charge is 0.339 e. The number of carbonyl (C=O) groups excluding carboxylic acids is 2. The van der Waals surface area contributed by atoms with Gasteiger partial charge >= 0.3 is 5.97 Å². The van der Waals surface area contributed by atoms with Crippen molar-refractivity contribution in [2.75, 3.05) is 24.8 Å². The molecule has 1 amide bonds. The van der Waals surface area contributed by atoms with Crippen LogP contribution in [0.1, 0.15) is 42.6 Å². The predicted octanol–water partition coefficient (Wildman–Crippen LogP) is 3.42. The van der Waals surface area contributed by atoms with Crippen LogP contribution >= 0.6 is 0 Å². The van der Waals surface area contributed by atoms with Crippen LogP contribution in [0.2, 0.25) is 0 Å². The Bertz CT molecular complexity index is 1100. The highest BCUT2D eigenvalue weighted by atomic mass is 16.7. The van der Waals surface area contributed by atoms with Crippen molar-refractivity contribution in [1.82, 2.24) is 5.32 Å². The van der Waals surface area contributed by atoms with E-state index in [4.69, 9.17) is 14.2 Å². The number of esters is 1. The minimum atomic E-state index is -1.08. The van der Waals surface area contributed by atoms with Gasteiger partial charge in [0.1, 0.15) is 5.69 Å². The topological polar surface area (TPSA) is 120 Å². The highest BCUT2D eigenvalue weighted by Crippen LogP contribution is 2.33. The second-order valence-electron chi connectivity index (χ2n) is 8.58. The van der Waals surface area contributed by atoms with Crippen molar-refractivity contribution in [2.45, 2.75) is 39.3 Å². The monoisotopic (exact) mass is 469 g/mol. The molecule has 2 aliphatic rings. The quantitative estimate of drug-likeness (QED) is 0.372. The van der Waals surface area contributed by atoms with E-state index in [1.54, 1.807) is 24.3 Å². The second kappa shape index (κ2) is 9.98. The largest absolute Gasteiger partial charge is 0.454 e. The van der Waals surface area contributed by atoms with E-state index < -0.39 is 22.9 Å². The predicted molar refractivity (Wildman–Crippen MR) is 123 cm³/mol. The van der Waals surface area contributed by atoms with Gasteiger partial charge in [0.2, 0.25) is 6.79 Å². The zero-order chi connectivity index (χ0) is 24.2. The van der Waals surface area contributed by atoms with Crippen LogP contribution in [0.4, 0.5) is 11.4 Å². The molecular formula is C24H27N3O7. The van der Waals surface area contributed by atoms with E-state index >= 15 is 0 Å². The van der Waals surface area contributed by atoms with Crippen molar-refractivity contribution in [3.63, 3.8) is 0 Å². The number of fused-ring (bicyclic) bond motifs is 1. The summed E-state index contributed by atoms with van der Waals surface area (Å²) in [6, 6.07) is 9.62. The van der Waals surface area contributed by atoms with E-state index in [1.165, 1.54) is 19.1 Å². The number of nitro benzene ring substituents is 1. The van der Waals surface area contributed by atoms with Crippen molar-refractivity contribution in [3.8, 4) is 11.5 Å². The first kappa shape index (κ1) is 23.3. The van der Waals surface area contributed by atoms with E-state index in [1.807, 2.05) is 4.90 Å². The molecule has 2 heterocycles. The van der Waals surface area contributed by atoms with Gasteiger partial charge in [-0.15, -0.1) is 0 Å². The summed E-state index contributed by atoms with van der Waals surface area (Å²) in [5.41, 5.74) is 1.16. The summed E-state index contributed by atoms with van der Waals surface area (Å²) in [5.74, 6) is 0.553. The van der Waals surface area contributed by atoms with Gasteiger partial charge in [-0.3, -0.25) is 14.9 Å². The molecule has 0 aliphatic carbocycles. The molecule has 0 bridgehead atoms. The molecule has 0 saturated carbocycles. The third-order valence-electron chi connectivity index (χ3n) is 6.09. The zero-order valence-corrected chi connectivity index (χ0v) is 19.1. The first-order chi connectivity index (χ1) is 16.3. The SMILES string of the molecule is CC1CCN(c2ccc(C(=O)OC(C)C(=O)NCc3ccc4c(c3)OCO4)cc2[N+](=O)[O-])CC1. The molecular weight excluding hydrogens is 442 g/mol. The first-order valence-electron chi connectivity index (χ1n) is 11.2. The van der Waals surface area contributed by atoms with Crippen molar-refractivity contribution in [1.29, 1.82) is 0 Å². The summed E-state index contributed by atoms with van der Waals surface area (Å²) in [6.07, 6.45) is 0.837. The van der Waals surface area contributed by atoms with Gasteiger partial charge in [-0.2, -0.15) is 0 Å². The van der Waals surface area contributed by atoms with Gasteiger partial charge in [0.05, 0.1) is 10.5 Å². The number of anilines is 1. The number of piperidine rings is 1. The van der Waals surface area contributed by atoms with Crippen LogP contribution in [0, 0.1) is 16.0 Å². The highest BCUT2D eigenvalue weighted by Gasteiger charge is 2.26. The number of hydrogen-bond donors (Lipinski definition) is 1. The van der Waals surface area contributed by atoms with Crippen LogP contribution in [0.5, 0.6) is 11.5 Å². The molecule has 2 aliphatic heterocycles. The van der Waals surface area contributed by atoms with Gasteiger partial charge in [0.15, 0.2) is 17.6 Å². The van der Waals surface area contributed by atoms with Gasteiger partial charge < -0.3 is 24.4 Å². The maximum absolute atomic E-state index is 12.6. The molecule has 1 fully saturated rings. The minimum absolute atomic E-state index is 0.0243. The summed E-state index contributed by atoms with van der Waals surface area (Å²) in [5, 5.41) is 14.4. The molecule has 10 heteroatoms. The fourth-order valence-corrected chi connectivity index (χ4v) is 3.98. The Morgan fingerprint density at radius 1 is 1.18 bits per heavy atom. The van der Waals surface area contributed by atoms with E-state index in [0.29, 0.717) is 23.1 Å². The van der Waals surface area contributed by atoms with Crippen LogP contribution in [-0.2, 0) is 16.1 Å². The van der Waals surface area contributed by atoms with Crippen LogP contribution in [-0.4, -0.2) is 42.8 Å². The van der Waals surface area contributed by atoms with Crippen LogP contribution in [0.15, 0.2) is 36.4 Å². The van der Waals surface area contributed by atoms with Crippen molar-refractivity contribution < 1.29 is 28.7 Å².